The summed E-state index contributed by atoms with van der Waals surface area (Å²) in [6, 6.07) is 4.01. The molecule has 17 heteroatoms. The highest BCUT2D eigenvalue weighted by atomic mass is 19.4. The molecular weight excluding hydrogens is 544 g/mol. The molecular formula is C22H29F6N5O6. The summed E-state index contributed by atoms with van der Waals surface area (Å²) < 4.78 is 69.5. The Labute approximate surface area is 219 Å². The van der Waals surface area contributed by atoms with Crippen molar-refractivity contribution in [2.24, 2.45) is 11.8 Å². The number of amides is 1. The summed E-state index contributed by atoms with van der Waals surface area (Å²) in [4.78, 5) is 37.0. The van der Waals surface area contributed by atoms with Crippen LogP contribution in [0.3, 0.4) is 0 Å². The fraction of sp³-hybridized carbons (Fsp3) is 0.682. The molecule has 1 amide bonds. The number of carbonyl (C=O) groups excluding carboxylic acids is 1. The third-order valence-electron chi connectivity index (χ3n) is 6.32. The summed E-state index contributed by atoms with van der Waals surface area (Å²) in [5.74, 6) is -3.58. The molecule has 0 bridgehead atoms. The van der Waals surface area contributed by atoms with Gasteiger partial charge in [-0.2, -0.15) is 31.4 Å². The van der Waals surface area contributed by atoms with Gasteiger partial charge in [0.05, 0.1) is 18.4 Å². The molecule has 220 valence electrons. The van der Waals surface area contributed by atoms with E-state index in [1.54, 1.807) is 0 Å². The number of aryl methyl sites for hydroxylation is 1. The molecule has 3 aliphatic rings. The van der Waals surface area contributed by atoms with Crippen molar-refractivity contribution in [3.05, 3.63) is 17.8 Å². The Bertz CT molecular complexity index is 961. The molecule has 1 aromatic rings. The number of fused-ring (bicyclic) bond motifs is 1. The maximum atomic E-state index is 12.7. The van der Waals surface area contributed by atoms with Crippen molar-refractivity contribution in [3.8, 4) is 0 Å². The van der Waals surface area contributed by atoms with E-state index in [1.165, 1.54) is 0 Å². The fourth-order valence-electron chi connectivity index (χ4n) is 4.17. The number of hydrogen-bond donors (Lipinski definition) is 2. The molecule has 3 saturated heterocycles. The smallest absolute Gasteiger partial charge is 0.475 e. The second kappa shape index (κ2) is 13.2. The number of alkyl halides is 6. The van der Waals surface area contributed by atoms with Gasteiger partial charge >= 0.3 is 24.3 Å². The minimum absolute atomic E-state index is 0.216. The van der Waals surface area contributed by atoms with Gasteiger partial charge in [-0.1, -0.05) is 0 Å². The Hall–Kier alpha value is -3.21. The van der Waals surface area contributed by atoms with Crippen LogP contribution in [0.5, 0.6) is 0 Å². The molecule has 1 aromatic heterocycles. The molecule has 11 nitrogen and oxygen atoms in total. The molecule has 4 rings (SSSR count). The van der Waals surface area contributed by atoms with E-state index in [2.05, 4.69) is 27.0 Å². The van der Waals surface area contributed by atoms with Crippen molar-refractivity contribution in [3.63, 3.8) is 0 Å². The SMILES string of the molecule is Cc1ccc(N2C[C@@H]3[C@H](CC(=O)N4CCN(C)CC4)CO[C@@H]3C2)nn1.O=C(O)C(F)(F)F.O=C(O)C(F)(F)F. The molecule has 3 aliphatic heterocycles. The predicted molar refractivity (Wildman–Crippen MR) is 122 cm³/mol. The lowest BCUT2D eigenvalue weighted by atomic mass is 9.90. The number of aromatic nitrogens is 2. The van der Waals surface area contributed by atoms with E-state index in [-0.39, 0.29) is 12.0 Å². The second-order valence-corrected chi connectivity index (χ2v) is 9.23. The third-order valence-corrected chi connectivity index (χ3v) is 6.32. The number of rotatable bonds is 3. The van der Waals surface area contributed by atoms with E-state index < -0.39 is 24.3 Å². The highest BCUT2D eigenvalue weighted by Gasteiger charge is 2.45. The van der Waals surface area contributed by atoms with Gasteiger partial charge in [-0.25, -0.2) is 9.59 Å². The molecule has 3 atom stereocenters. The van der Waals surface area contributed by atoms with Gasteiger partial charge in [-0.05, 0) is 32.0 Å². The number of halogens is 6. The summed E-state index contributed by atoms with van der Waals surface area (Å²) in [5.41, 5.74) is 0.926. The summed E-state index contributed by atoms with van der Waals surface area (Å²) in [6.07, 6.45) is -9.34. The van der Waals surface area contributed by atoms with Crippen molar-refractivity contribution in [2.75, 3.05) is 57.8 Å². The Morgan fingerprint density at radius 1 is 0.949 bits per heavy atom. The summed E-state index contributed by atoms with van der Waals surface area (Å²) in [6.45, 7) is 8.05. The highest BCUT2D eigenvalue weighted by molar-refractivity contribution is 5.76. The van der Waals surface area contributed by atoms with Crippen LogP contribution in [0.4, 0.5) is 32.2 Å². The first-order chi connectivity index (χ1) is 18.0. The van der Waals surface area contributed by atoms with Gasteiger partial charge < -0.3 is 29.6 Å². The second-order valence-electron chi connectivity index (χ2n) is 9.23. The van der Waals surface area contributed by atoms with Crippen molar-refractivity contribution in [2.45, 2.75) is 31.8 Å². The number of carboxylic acids is 2. The molecule has 0 radical (unpaired) electrons. The first kappa shape index (κ1) is 32.0. The molecule has 0 unspecified atom stereocenters. The van der Waals surface area contributed by atoms with Crippen molar-refractivity contribution in [1.82, 2.24) is 20.0 Å². The number of hydrogen-bond acceptors (Lipinski definition) is 8. The lowest BCUT2D eigenvalue weighted by molar-refractivity contribution is -0.193. The molecule has 0 spiro atoms. The highest BCUT2D eigenvalue weighted by Crippen LogP contribution is 2.37. The van der Waals surface area contributed by atoms with E-state index >= 15 is 0 Å². The normalized spacial score (nSPS) is 23.2. The van der Waals surface area contributed by atoms with Crippen molar-refractivity contribution < 1.29 is 55.7 Å². The van der Waals surface area contributed by atoms with Crippen LogP contribution >= 0.6 is 0 Å². The Morgan fingerprint density at radius 3 is 1.95 bits per heavy atom. The van der Waals surface area contributed by atoms with Crippen molar-refractivity contribution in [1.29, 1.82) is 0 Å². The number of aliphatic carboxylic acids is 2. The quantitative estimate of drug-likeness (QED) is 0.514. The number of anilines is 1. The fourth-order valence-corrected chi connectivity index (χ4v) is 4.17. The van der Waals surface area contributed by atoms with Gasteiger partial charge in [-0.15, -0.1) is 5.10 Å². The van der Waals surface area contributed by atoms with Gasteiger partial charge in [-0.3, -0.25) is 4.79 Å². The van der Waals surface area contributed by atoms with E-state index in [0.29, 0.717) is 24.9 Å². The van der Waals surface area contributed by atoms with Crippen LogP contribution in [0.1, 0.15) is 12.1 Å². The summed E-state index contributed by atoms with van der Waals surface area (Å²) in [5, 5.41) is 22.7. The van der Waals surface area contributed by atoms with E-state index in [9.17, 15) is 31.1 Å². The van der Waals surface area contributed by atoms with Crippen LogP contribution in [-0.4, -0.2) is 119 Å². The molecule has 0 aliphatic carbocycles. The topological polar surface area (TPSA) is 136 Å². The number of carboxylic acid groups (broad SMARTS) is 2. The molecule has 0 aromatic carbocycles. The zero-order valence-corrected chi connectivity index (χ0v) is 21.1. The maximum Gasteiger partial charge on any atom is 0.490 e. The van der Waals surface area contributed by atoms with Gasteiger partial charge in [0.1, 0.15) is 0 Å². The minimum Gasteiger partial charge on any atom is -0.475 e. The average Bonchev–Trinajstić information content (AvgIpc) is 3.41. The number of piperazine rings is 1. The number of carbonyl (C=O) groups is 3. The standard InChI is InChI=1S/C18H27N5O2.2C2HF3O2/c1-13-3-4-17(20-19-13)23-10-15-14(12-25-16(15)11-23)9-18(24)22-7-5-21(2)6-8-22;2*3-2(4,5)1(6)7/h3-4,14-16H,5-12H2,1-2H3;2*(H,6,7)/t14-,15-,16-;;/m1../s1. The molecule has 2 N–H and O–H groups in total. The van der Waals surface area contributed by atoms with Gasteiger partial charge in [0.25, 0.3) is 0 Å². The van der Waals surface area contributed by atoms with Gasteiger partial charge in [0, 0.05) is 51.6 Å². The molecule has 39 heavy (non-hydrogen) atoms. The zero-order chi connectivity index (χ0) is 29.5. The van der Waals surface area contributed by atoms with Crippen molar-refractivity contribution >= 4 is 23.7 Å². The van der Waals surface area contributed by atoms with Gasteiger partial charge in [0.15, 0.2) is 5.82 Å². The van der Waals surface area contributed by atoms with Crippen LogP contribution in [-0.2, 0) is 19.1 Å². The third kappa shape index (κ3) is 9.80. The molecule has 3 fully saturated rings. The van der Waals surface area contributed by atoms with Crippen LogP contribution in [0.25, 0.3) is 0 Å². The lowest BCUT2D eigenvalue weighted by Crippen LogP contribution is -2.47. The number of likely N-dealkylation sites (N-methyl/N-ethyl adjacent to an activating group) is 1. The maximum absolute atomic E-state index is 12.7. The van der Waals surface area contributed by atoms with Gasteiger partial charge in [0.2, 0.25) is 5.91 Å². The Kier molecular flexibility index (Phi) is 10.9. The predicted octanol–water partition coefficient (Wildman–Crippen LogP) is 1.67. The summed E-state index contributed by atoms with van der Waals surface area (Å²) in [7, 11) is 2.11. The van der Waals surface area contributed by atoms with Crippen LogP contribution < -0.4 is 4.90 Å². The average molecular weight is 573 g/mol. The Balaban J connectivity index is 0.000000317. The molecule has 4 heterocycles. The molecule has 0 saturated carbocycles. The first-order valence-electron chi connectivity index (χ1n) is 11.7. The summed E-state index contributed by atoms with van der Waals surface area (Å²) >= 11 is 0. The minimum atomic E-state index is -5.08. The number of nitrogens with zero attached hydrogens (tertiary/aromatic N) is 5. The monoisotopic (exact) mass is 573 g/mol. The van der Waals surface area contributed by atoms with Crippen LogP contribution in [0.15, 0.2) is 12.1 Å². The van der Waals surface area contributed by atoms with E-state index in [0.717, 1.165) is 50.8 Å². The lowest BCUT2D eigenvalue weighted by Gasteiger charge is -2.33. The largest absolute Gasteiger partial charge is 0.490 e. The zero-order valence-electron chi connectivity index (χ0n) is 21.1. The van der Waals surface area contributed by atoms with E-state index in [4.69, 9.17) is 24.5 Å². The number of ether oxygens (including phenoxy) is 1. The van der Waals surface area contributed by atoms with Crippen LogP contribution in [0.2, 0.25) is 0 Å². The Morgan fingerprint density at radius 2 is 1.49 bits per heavy atom. The first-order valence-corrected chi connectivity index (χ1v) is 11.7. The van der Waals surface area contributed by atoms with Crippen LogP contribution in [0, 0.1) is 18.8 Å². The van der Waals surface area contributed by atoms with E-state index in [1.807, 2.05) is 24.0 Å².